The molecule has 2 aromatic carbocycles. The van der Waals surface area contributed by atoms with Crippen LogP contribution in [0.1, 0.15) is 23.1 Å². The Balaban J connectivity index is 1.91. The van der Waals surface area contributed by atoms with Crippen molar-refractivity contribution >= 4 is 21.2 Å². The lowest BCUT2D eigenvalue weighted by atomic mass is 9.94. The lowest BCUT2D eigenvalue weighted by molar-refractivity contribution is -0.137. The van der Waals surface area contributed by atoms with Crippen LogP contribution < -0.4 is 5.14 Å². The Labute approximate surface area is 143 Å². The molecule has 0 saturated heterocycles. The van der Waals surface area contributed by atoms with Gasteiger partial charge in [0, 0.05) is 0 Å². The highest BCUT2D eigenvalue weighted by molar-refractivity contribution is 7.89. The summed E-state index contributed by atoms with van der Waals surface area (Å²) in [4.78, 5) is 0.00917. The summed E-state index contributed by atoms with van der Waals surface area (Å²) in [5.41, 5.74) is 2.42. The van der Waals surface area contributed by atoms with Gasteiger partial charge in [0.1, 0.15) is 0 Å². The Morgan fingerprint density at radius 3 is 1.64 bits per heavy atom. The molecule has 0 heterocycles. The number of hydrogen-bond donors (Lipinski definition) is 1. The van der Waals surface area contributed by atoms with Gasteiger partial charge in [-0.15, -0.1) is 0 Å². The van der Waals surface area contributed by atoms with Crippen molar-refractivity contribution in [3.8, 4) is 0 Å². The van der Waals surface area contributed by atoms with E-state index in [1.54, 1.807) is 12.1 Å². The van der Waals surface area contributed by atoms with Crippen LogP contribution in [0.15, 0.2) is 65.6 Å². The molecular formula is C18H14F3NO2S. The molecule has 0 spiro atoms. The highest BCUT2D eigenvalue weighted by Crippen LogP contribution is 2.37. The Bertz CT molecular complexity index is 955. The maximum absolute atomic E-state index is 12.7. The molecule has 0 unspecified atom stereocenters. The highest BCUT2D eigenvalue weighted by atomic mass is 32.2. The number of hydrogen-bond acceptors (Lipinski definition) is 2. The zero-order chi connectivity index (χ0) is 18.2. The van der Waals surface area contributed by atoms with E-state index in [9.17, 15) is 21.6 Å². The maximum Gasteiger partial charge on any atom is 0.416 e. The summed E-state index contributed by atoms with van der Waals surface area (Å²) in [6.07, 6.45) is 0.151. The van der Waals surface area contributed by atoms with Crippen LogP contribution in [0.2, 0.25) is 0 Å². The number of primary sulfonamides is 1. The van der Waals surface area contributed by atoms with Gasteiger partial charge < -0.3 is 0 Å². The number of benzene rings is 2. The highest BCUT2D eigenvalue weighted by Gasteiger charge is 2.30. The molecular weight excluding hydrogens is 351 g/mol. The minimum atomic E-state index is -4.37. The van der Waals surface area contributed by atoms with E-state index in [0.717, 1.165) is 28.8 Å². The predicted molar refractivity (Wildman–Crippen MR) is 89.8 cm³/mol. The van der Waals surface area contributed by atoms with Crippen LogP contribution in [0.3, 0.4) is 0 Å². The molecule has 0 radical (unpaired) electrons. The smallest absolute Gasteiger partial charge is 0.225 e. The molecule has 0 atom stereocenters. The average molecular weight is 365 g/mol. The summed E-state index contributed by atoms with van der Waals surface area (Å²) in [5, 5.41) is 5.08. The van der Waals surface area contributed by atoms with Gasteiger partial charge in [0.15, 0.2) is 0 Å². The maximum atomic E-state index is 12.7. The van der Waals surface area contributed by atoms with Gasteiger partial charge in [-0.25, -0.2) is 13.6 Å². The lowest BCUT2D eigenvalue weighted by Crippen LogP contribution is -2.11. The van der Waals surface area contributed by atoms with Crippen molar-refractivity contribution in [2.45, 2.75) is 17.5 Å². The van der Waals surface area contributed by atoms with Crippen LogP contribution in [-0.4, -0.2) is 8.42 Å². The van der Waals surface area contributed by atoms with Crippen molar-refractivity contribution in [1.82, 2.24) is 0 Å². The van der Waals surface area contributed by atoms with Gasteiger partial charge >= 0.3 is 6.18 Å². The summed E-state index contributed by atoms with van der Waals surface area (Å²) in [5.74, 6) is 0. The first-order chi connectivity index (χ1) is 11.7. The summed E-state index contributed by atoms with van der Waals surface area (Å²) >= 11 is 0. The largest absolute Gasteiger partial charge is 0.416 e. The second kappa shape index (κ2) is 6.16. The molecule has 130 valence electrons. The van der Waals surface area contributed by atoms with E-state index in [4.69, 9.17) is 5.14 Å². The molecule has 0 aliphatic heterocycles. The fraction of sp³-hybridized carbons (Fsp3) is 0.111. The Morgan fingerprint density at radius 1 is 0.800 bits per heavy atom. The third-order valence-electron chi connectivity index (χ3n) is 3.95. The quantitative estimate of drug-likeness (QED) is 0.885. The van der Waals surface area contributed by atoms with Crippen LogP contribution >= 0.6 is 0 Å². The number of halogens is 3. The normalized spacial score (nSPS) is 15.0. The van der Waals surface area contributed by atoms with Crippen molar-refractivity contribution in [3.63, 3.8) is 0 Å². The molecule has 25 heavy (non-hydrogen) atoms. The topological polar surface area (TPSA) is 60.2 Å². The molecule has 0 amide bonds. The first-order valence-corrected chi connectivity index (χ1v) is 8.92. The number of allylic oxidation sites excluding steroid dienone is 4. The van der Waals surface area contributed by atoms with Crippen LogP contribution in [0.5, 0.6) is 0 Å². The fourth-order valence-electron chi connectivity index (χ4n) is 2.72. The van der Waals surface area contributed by atoms with Gasteiger partial charge in [-0.05, 0) is 53.0 Å². The van der Waals surface area contributed by atoms with E-state index in [-0.39, 0.29) is 4.90 Å². The molecule has 1 aliphatic rings. The van der Waals surface area contributed by atoms with Crippen molar-refractivity contribution in [2.75, 3.05) is 0 Å². The Hall–Kier alpha value is -2.38. The SMILES string of the molecule is NS(=O)(=O)c1ccc(C2=CCC=C2c2ccc(C(F)(F)F)cc2)cc1. The molecule has 0 saturated carbocycles. The summed E-state index contributed by atoms with van der Waals surface area (Å²) in [7, 11) is -3.77. The second-order valence-corrected chi connectivity index (χ2v) is 7.18. The average Bonchev–Trinajstić information content (AvgIpc) is 3.03. The molecule has 0 bridgehead atoms. The third kappa shape index (κ3) is 3.67. The molecule has 7 heteroatoms. The van der Waals surface area contributed by atoms with Crippen LogP contribution in [0.4, 0.5) is 13.2 Å². The molecule has 3 nitrogen and oxygen atoms in total. The van der Waals surface area contributed by atoms with Gasteiger partial charge in [0.2, 0.25) is 10.0 Å². The summed E-state index contributed by atoms with van der Waals surface area (Å²) in [6, 6.07) is 11.1. The summed E-state index contributed by atoms with van der Waals surface area (Å²) < 4.78 is 60.7. The van der Waals surface area contributed by atoms with Crippen molar-refractivity contribution in [2.24, 2.45) is 5.14 Å². The van der Waals surface area contributed by atoms with E-state index in [1.165, 1.54) is 24.3 Å². The van der Waals surface area contributed by atoms with E-state index >= 15 is 0 Å². The predicted octanol–water partition coefficient (Wildman–Crippen LogP) is 4.22. The molecule has 1 aliphatic carbocycles. The number of rotatable bonds is 3. The minimum absolute atomic E-state index is 0.00917. The van der Waals surface area contributed by atoms with E-state index in [1.807, 2.05) is 12.2 Å². The van der Waals surface area contributed by atoms with Crippen LogP contribution in [0, 0.1) is 0 Å². The molecule has 2 N–H and O–H groups in total. The van der Waals surface area contributed by atoms with Crippen LogP contribution in [0.25, 0.3) is 11.1 Å². The fourth-order valence-corrected chi connectivity index (χ4v) is 3.24. The lowest BCUT2D eigenvalue weighted by Gasteiger charge is -2.12. The Morgan fingerprint density at radius 2 is 1.24 bits per heavy atom. The van der Waals surface area contributed by atoms with Gasteiger partial charge in [-0.3, -0.25) is 0 Å². The van der Waals surface area contributed by atoms with Gasteiger partial charge in [0.05, 0.1) is 10.5 Å². The van der Waals surface area contributed by atoms with Gasteiger partial charge in [-0.1, -0.05) is 36.4 Å². The number of alkyl halides is 3. The molecule has 2 aromatic rings. The molecule has 0 fully saturated rings. The number of nitrogens with two attached hydrogens (primary N) is 1. The first-order valence-electron chi connectivity index (χ1n) is 7.38. The van der Waals surface area contributed by atoms with Crippen molar-refractivity contribution in [1.29, 1.82) is 0 Å². The molecule has 0 aromatic heterocycles. The first kappa shape index (κ1) is 17.4. The summed E-state index contributed by atoms with van der Waals surface area (Å²) in [6.45, 7) is 0. The standard InChI is InChI=1S/C18H14F3NO2S/c19-18(20,21)14-8-4-12(5-9-14)16-2-1-3-17(16)13-6-10-15(11-7-13)25(22,23)24/h2-11H,1H2,(H2,22,23,24). The van der Waals surface area contributed by atoms with Gasteiger partial charge in [-0.2, -0.15) is 13.2 Å². The third-order valence-corrected chi connectivity index (χ3v) is 4.88. The monoisotopic (exact) mass is 365 g/mol. The minimum Gasteiger partial charge on any atom is -0.225 e. The zero-order valence-electron chi connectivity index (χ0n) is 12.9. The van der Waals surface area contributed by atoms with Crippen molar-refractivity contribution in [3.05, 3.63) is 77.4 Å². The second-order valence-electron chi connectivity index (χ2n) is 5.62. The van der Waals surface area contributed by atoms with Crippen molar-refractivity contribution < 1.29 is 21.6 Å². The Kier molecular flexibility index (Phi) is 4.30. The number of sulfonamides is 1. The van der Waals surface area contributed by atoms with E-state index in [0.29, 0.717) is 12.0 Å². The zero-order valence-corrected chi connectivity index (χ0v) is 13.7. The van der Waals surface area contributed by atoms with E-state index in [2.05, 4.69) is 0 Å². The van der Waals surface area contributed by atoms with E-state index < -0.39 is 21.8 Å². The van der Waals surface area contributed by atoms with Crippen LogP contribution in [-0.2, 0) is 16.2 Å². The molecule has 3 rings (SSSR count). The van der Waals surface area contributed by atoms with Gasteiger partial charge in [0.25, 0.3) is 0 Å².